The number of nitrogens with one attached hydrogen (secondary N) is 1. The van der Waals surface area contributed by atoms with Gasteiger partial charge in [0.15, 0.2) is 0 Å². The number of aliphatic carboxylic acids is 1. The van der Waals surface area contributed by atoms with Crippen molar-refractivity contribution >= 4 is 23.9 Å². The number of benzene rings is 1. The molecule has 126 valence electrons. The number of rotatable bonds is 8. The molecular weight excluding hydrogens is 312 g/mol. The van der Waals surface area contributed by atoms with E-state index < -0.39 is 17.8 Å². The van der Waals surface area contributed by atoms with Gasteiger partial charge < -0.3 is 9.84 Å². The number of hydrazine groups is 1. The van der Waals surface area contributed by atoms with E-state index >= 15 is 0 Å². The Labute approximate surface area is 139 Å². The molecule has 0 heterocycles. The van der Waals surface area contributed by atoms with Crippen LogP contribution in [0.3, 0.4) is 0 Å². The van der Waals surface area contributed by atoms with Crippen molar-refractivity contribution in [1.82, 2.24) is 5.43 Å². The second kappa shape index (κ2) is 9.75. The number of esters is 1. The lowest BCUT2D eigenvalue weighted by atomic mass is 10.0. The molecule has 0 aliphatic carbocycles. The molecule has 1 rings (SSSR count). The molecular formula is C17H18N2O5. The Kier molecular flexibility index (Phi) is 7.66. The quantitative estimate of drug-likeness (QED) is 0.167. The maximum Gasteiger partial charge on any atom is 0.311 e. The van der Waals surface area contributed by atoms with E-state index in [1.807, 2.05) is 5.43 Å². The number of allylic oxidation sites excluding steroid dienone is 4. The molecule has 24 heavy (non-hydrogen) atoms. The summed E-state index contributed by atoms with van der Waals surface area (Å²) >= 11 is 0. The summed E-state index contributed by atoms with van der Waals surface area (Å²) in [6, 6.07) is 4.68. The highest BCUT2D eigenvalue weighted by atomic mass is 16.5. The normalized spacial score (nSPS) is 10.7. The average Bonchev–Trinajstić information content (AvgIpc) is 2.56. The van der Waals surface area contributed by atoms with Gasteiger partial charge in [0.2, 0.25) is 0 Å². The average molecular weight is 330 g/mol. The maximum atomic E-state index is 12.0. The summed E-state index contributed by atoms with van der Waals surface area (Å²) in [6.45, 7) is 3.54. The number of carbonyl (C=O) groups is 3. The lowest BCUT2D eigenvalue weighted by Crippen LogP contribution is -2.31. The van der Waals surface area contributed by atoms with Crippen molar-refractivity contribution in [2.24, 2.45) is 5.84 Å². The number of nitrogens with two attached hydrogens (primary N) is 1. The first-order valence-electron chi connectivity index (χ1n) is 7.01. The van der Waals surface area contributed by atoms with E-state index in [4.69, 9.17) is 15.7 Å². The van der Waals surface area contributed by atoms with Crippen LogP contribution in [-0.2, 0) is 9.59 Å². The van der Waals surface area contributed by atoms with Crippen LogP contribution in [0.15, 0.2) is 49.1 Å². The topological polar surface area (TPSA) is 119 Å². The Balaban J connectivity index is 3.10. The van der Waals surface area contributed by atoms with Crippen molar-refractivity contribution in [2.75, 3.05) is 0 Å². The van der Waals surface area contributed by atoms with Crippen LogP contribution in [0.4, 0.5) is 0 Å². The largest absolute Gasteiger partial charge is 0.481 e. The Morgan fingerprint density at radius 1 is 1.21 bits per heavy atom. The highest BCUT2D eigenvalue weighted by molar-refractivity contribution is 6.00. The van der Waals surface area contributed by atoms with Gasteiger partial charge in [-0.05, 0) is 11.6 Å². The molecule has 0 spiro atoms. The summed E-state index contributed by atoms with van der Waals surface area (Å²) in [5.74, 6) is 2.68. The fourth-order valence-electron chi connectivity index (χ4n) is 1.77. The first-order valence-corrected chi connectivity index (χ1v) is 7.01. The van der Waals surface area contributed by atoms with Crippen LogP contribution in [0, 0.1) is 0 Å². The molecule has 0 unspecified atom stereocenters. The summed E-state index contributed by atoms with van der Waals surface area (Å²) in [5, 5.41) is 8.58. The van der Waals surface area contributed by atoms with Gasteiger partial charge in [-0.2, -0.15) is 0 Å². The van der Waals surface area contributed by atoms with Gasteiger partial charge in [0.05, 0.1) is 18.4 Å². The van der Waals surface area contributed by atoms with Crippen LogP contribution in [-0.4, -0.2) is 23.0 Å². The third-order valence-corrected chi connectivity index (χ3v) is 2.82. The molecule has 4 N–H and O–H groups in total. The van der Waals surface area contributed by atoms with Crippen LogP contribution in [0.1, 0.15) is 28.8 Å². The lowest BCUT2D eigenvalue weighted by molar-refractivity contribution is -0.142. The molecule has 0 aromatic heterocycles. The molecule has 1 amide bonds. The van der Waals surface area contributed by atoms with Crippen molar-refractivity contribution < 1.29 is 24.2 Å². The number of hydrogen-bond donors (Lipinski definition) is 3. The molecule has 1 aromatic rings. The Morgan fingerprint density at radius 2 is 1.96 bits per heavy atom. The summed E-state index contributed by atoms with van der Waals surface area (Å²) < 4.78 is 5.10. The van der Waals surface area contributed by atoms with E-state index in [2.05, 4.69) is 6.58 Å². The van der Waals surface area contributed by atoms with E-state index in [1.165, 1.54) is 6.07 Å². The van der Waals surface area contributed by atoms with Crippen LogP contribution >= 0.6 is 0 Å². The van der Waals surface area contributed by atoms with E-state index in [1.54, 1.807) is 42.5 Å². The highest BCUT2D eigenvalue weighted by Crippen LogP contribution is 2.24. The second-order valence-corrected chi connectivity index (χ2v) is 4.54. The van der Waals surface area contributed by atoms with Gasteiger partial charge in [-0.3, -0.25) is 19.8 Å². The van der Waals surface area contributed by atoms with Crippen LogP contribution in [0.2, 0.25) is 0 Å². The number of amides is 1. The Bertz CT molecular complexity index is 692. The molecule has 0 aliphatic rings. The zero-order valence-corrected chi connectivity index (χ0v) is 12.9. The SMILES string of the molecule is C=C/C=C/C=C/c1cccc(OC(=O)CCC(=O)O)c1C(=O)NN. The van der Waals surface area contributed by atoms with E-state index in [-0.39, 0.29) is 24.2 Å². The first kappa shape index (κ1) is 18.9. The van der Waals surface area contributed by atoms with E-state index in [0.717, 1.165) is 0 Å². The minimum absolute atomic E-state index is 0.00295. The molecule has 7 nitrogen and oxygen atoms in total. The number of hydrogen-bond acceptors (Lipinski definition) is 5. The molecule has 0 radical (unpaired) electrons. The smallest absolute Gasteiger partial charge is 0.311 e. The molecule has 0 saturated heterocycles. The van der Waals surface area contributed by atoms with Gasteiger partial charge in [-0.1, -0.05) is 49.1 Å². The Morgan fingerprint density at radius 3 is 2.58 bits per heavy atom. The molecule has 7 heteroatoms. The summed E-state index contributed by atoms with van der Waals surface area (Å²) in [7, 11) is 0. The third kappa shape index (κ3) is 5.90. The van der Waals surface area contributed by atoms with Crippen LogP contribution in [0.25, 0.3) is 6.08 Å². The monoisotopic (exact) mass is 330 g/mol. The molecule has 1 aromatic carbocycles. The number of carbonyl (C=O) groups excluding carboxylic acids is 2. The second-order valence-electron chi connectivity index (χ2n) is 4.54. The summed E-state index contributed by atoms with van der Waals surface area (Å²) in [5.41, 5.74) is 2.55. The number of carboxylic acid groups (broad SMARTS) is 1. The standard InChI is InChI=1S/C17H18N2O5/c1-2-3-4-5-7-12-8-6-9-13(16(12)17(23)19-18)24-15(22)11-10-14(20)21/h2-9H,1,10-11,18H2,(H,19,23)(H,20,21)/b4-3+,7-5+. The third-order valence-electron chi connectivity index (χ3n) is 2.82. The molecule has 0 bridgehead atoms. The van der Waals surface area contributed by atoms with Crippen molar-refractivity contribution in [3.05, 3.63) is 60.2 Å². The zero-order chi connectivity index (χ0) is 17.9. The summed E-state index contributed by atoms with van der Waals surface area (Å²) in [4.78, 5) is 34.2. The van der Waals surface area contributed by atoms with E-state index in [9.17, 15) is 14.4 Å². The number of carboxylic acids is 1. The van der Waals surface area contributed by atoms with Gasteiger partial charge >= 0.3 is 11.9 Å². The zero-order valence-electron chi connectivity index (χ0n) is 12.9. The molecule has 0 saturated carbocycles. The maximum absolute atomic E-state index is 12.0. The predicted octanol–water partition coefficient (Wildman–Crippen LogP) is 1.82. The van der Waals surface area contributed by atoms with Gasteiger partial charge in [-0.25, -0.2) is 5.84 Å². The van der Waals surface area contributed by atoms with Crippen LogP contribution in [0.5, 0.6) is 5.75 Å². The number of ether oxygens (including phenoxy) is 1. The number of nitrogen functional groups attached to an aromatic ring is 1. The van der Waals surface area contributed by atoms with Crippen molar-refractivity contribution in [1.29, 1.82) is 0 Å². The van der Waals surface area contributed by atoms with Gasteiger partial charge in [0.1, 0.15) is 5.75 Å². The van der Waals surface area contributed by atoms with Crippen molar-refractivity contribution in [3.63, 3.8) is 0 Å². The van der Waals surface area contributed by atoms with Crippen LogP contribution < -0.4 is 16.0 Å². The molecule has 0 aliphatic heterocycles. The summed E-state index contributed by atoms with van der Waals surface area (Å²) in [6.07, 6.45) is 7.67. The van der Waals surface area contributed by atoms with Crippen molar-refractivity contribution in [3.8, 4) is 5.75 Å². The molecule has 0 fully saturated rings. The van der Waals surface area contributed by atoms with Gasteiger partial charge in [-0.15, -0.1) is 0 Å². The fourth-order valence-corrected chi connectivity index (χ4v) is 1.77. The van der Waals surface area contributed by atoms with Gasteiger partial charge in [0.25, 0.3) is 5.91 Å². The first-order chi connectivity index (χ1) is 11.5. The van der Waals surface area contributed by atoms with Gasteiger partial charge in [0, 0.05) is 0 Å². The van der Waals surface area contributed by atoms with Crippen molar-refractivity contribution in [2.45, 2.75) is 12.8 Å². The minimum Gasteiger partial charge on any atom is -0.481 e. The molecule has 0 atom stereocenters. The Hall–Kier alpha value is -3.19. The van der Waals surface area contributed by atoms with E-state index in [0.29, 0.717) is 5.56 Å². The minimum atomic E-state index is -1.11. The highest BCUT2D eigenvalue weighted by Gasteiger charge is 2.18. The lowest BCUT2D eigenvalue weighted by Gasteiger charge is -2.11. The predicted molar refractivity (Wildman–Crippen MR) is 89.0 cm³/mol. The fraction of sp³-hybridized carbons (Fsp3) is 0.118.